The third-order valence-electron chi connectivity index (χ3n) is 9.31. The standard InChI is InChI=1S/C41H61N5O9/c1-40(2,3)54-34(47)21-20-32(38(52)55-41(4,5)6)46-39(53)45-31(37(50)51)13-9-10-22-43-36(49)33(44-35(48)29-18-14-26(25-42)15-19-29)24-27-16-17-28-11-7-8-12-30(28)23-27/h7-8,11-12,16-17,23,26,29,31-33H,9-10,13-15,18-22,24-25,42H2,1-6H3,(H,43,49)(H,44,48)(H,50,51)(H2,45,46,53)/t26-,29-,31-,32-,33-/m0/s1. The SMILES string of the molecule is CC(C)(C)OC(=O)CC[C@H](NC(=O)N[C@@H](CCCCNC(=O)[C@H](Cc1ccc2ccccc2c1)NC(=O)[C@H]1CC[C@H](CN)CC1)C(=O)O)C(=O)OC(C)(C)C. The van der Waals surface area contributed by atoms with E-state index in [2.05, 4.69) is 21.3 Å². The number of urea groups is 1. The Bertz CT molecular complexity index is 1630. The van der Waals surface area contributed by atoms with E-state index in [1.165, 1.54) is 0 Å². The van der Waals surface area contributed by atoms with E-state index in [1.807, 2.05) is 42.5 Å². The van der Waals surface area contributed by atoms with Crippen LogP contribution in [-0.2, 0) is 39.9 Å². The number of carboxylic acids is 1. The lowest BCUT2D eigenvalue weighted by Gasteiger charge is -2.28. The maximum atomic E-state index is 13.5. The van der Waals surface area contributed by atoms with Crippen molar-refractivity contribution in [1.29, 1.82) is 0 Å². The van der Waals surface area contributed by atoms with Gasteiger partial charge in [-0.05, 0) is 122 Å². The second kappa shape index (κ2) is 20.8. The molecule has 14 heteroatoms. The second-order valence-electron chi connectivity index (χ2n) is 16.4. The normalized spacial score (nSPS) is 17.6. The average molecular weight is 768 g/mol. The lowest BCUT2D eigenvalue weighted by atomic mass is 9.81. The van der Waals surface area contributed by atoms with Crippen molar-refractivity contribution in [2.75, 3.05) is 13.1 Å². The summed E-state index contributed by atoms with van der Waals surface area (Å²) in [7, 11) is 0. The summed E-state index contributed by atoms with van der Waals surface area (Å²) in [5, 5.41) is 22.7. The number of unbranched alkanes of at least 4 members (excludes halogenated alkanes) is 1. The summed E-state index contributed by atoms with van der Waals surface area (Å²) in [6.07, 6.45) is 3.96. The van der Waals surface area contributed by atoms with Crippen LogP contribution >= 0.6 is 0 Å². The Morgan fingerprint density at radius 2 is 1.42 bits per heavy atom. The van der Waals surface area contributed by atoms with E-state index in [4.69, 9.17) is 15.2 Å². The fourth-order valence-corrected chi connectivity index (χ4v) is 6.46. The summed E-state index contributed by atoms with van der Waals surface area (Å²) in [6, 6.07) is 9.61. The van der Waals surface area contributed by atoms with Gasteiger partial charge in [-0.25, -0.2) is 14.4 Å². The van der Waals surface area contributed by atoms with E-state index >= 15 is 0 Å². The van der Waals surface area contributed by atoms with Crippen LogP contribution in [0, 0.1) is 11.8 Å². The van der Waals surface area contributed by atoms with E-state index < -0.39 is 53.3 Å². The molecule has 14 nitrogen and oxygen atoms in total. The fraction of sp³-hybridized carbons (Fsp3) is 0.610. The zero-order chi connectivity index (χ0) is 40.8. The molecule has 2 aromatic carbocycles. The van der Waals surface area contributed by atoms with Crippen LogP contribution in [0.1, 0.15) is 105 Å². The number of carbonyl (C=O) groups is 6. The summed E-state index contributed by atoms with van der Waals surface area (Å²) < 4.78 is 10.7. The molecule has 0 aromatic heterocycles. The fourth-order valence-electron chi connectivity index (χ4n) is 6.46. The van der Waals surface area contributed by atoms with Gasteiger partial charge in [-0.3, -0.25) is 14.4 Å². The van der Waals surface area contributed by atoms with Crippen LogP contribution in [0.25, 0.3) is 10.8 Å². The van der Waals surface area contributed by atoms with Crippen molar-refractivity contribution in [2.24, 2.45) is 17.6 Å². The molecule has 7 N–H and O–H groups in total. The molecule has 1 saturated carbocycles. The van der Waals surface area contributed by atoms with E-state index in [1.54, 1.807) is 41.5 Å². The first-order chi connectivity index (χ1) is 25.8. The molecule has 4 amide bonds. The second-order valence-corrected chi connectivity index (χ2v) is 16.4. The van der Waals surface area contributed by atoms with Crippen molar-refractivity contribution < 1.29 is 43.3 Å². The Hall–Kier alpha value is -4.72. The van der Waals surface area contributed by atoms with E-state index in [9.17, 15) is 33.9 Å². The van der Waals surface area contributed by atoms with Gasteiger partial charge in [0.25, 0.3) is 0 Å². The molecule has 3 atom stereocenters. The van der Waals surface area contributed by atoms with E-state index in [-0.39, 0.29) is 43.5 Å². The molecule has 3 rings (SSSR count). The van der Waals surface area contributed by atoms with Crippen LogP contribution in [0.3, 0.4) is 0 Å². The van der Waals surface area contributed by atoms with Gasteiger partial charge < -0.3 is 41.6 Å². The van der Waals surface area contributed by atoms with Gasteiger partial charge in [-0.2, -0.15) is 0 Å². The molecular formula is C41H61N5O9. The van der Waals surface area contributed by atoms with Gasteiger partial charge in [0.05, 0.1) is 0 Å². The van der Waals surface area contributed by atoms with Crippen LogP contribution < -0.4 is 27.0 Å². The number of ether oxygens (including phenoxy) is 2. The number of rotatable bonds is 18. The molecule has 304 valence electrons. The van der Waals surface area contributed by atoms with Gasteiger partial charge in [-0.1, -0.05) is 42.5 Å². The van der Waals surface area contributed by atoms with Gasteiger partial charge in [-0.15, -0.1) is 0 Å². The number of esters is 2. The summed E-state index contributed by atoms with van der Waals surface area (Å²) in [5.74, 6) is -2.88. The first-order valence-electron chi connectivity index (χ1n) is 19.3. The predicted octanol–water partition coefficient (Wildman–Crippen LogP) is 4.50. The molecular weight excluding hydrogens is 706 g/mol. The number of amides is 4. The molecule has 55 heavy (non-hydrogen) atoms. The lowest BCUT2D eigenvalue weighted by molar-refractivity contribution is -0.158. The van der Waals surface area contributed by atoms with Crippen LogP contribution in [0.4, 0.5) is 4.79 Å². The van der Waals surface area contributed by atoms with Crippen LogP contribution in [0.2, 0.25) is 0 Å². The van der Waals surface area contributed by atoms with Crippen molar-refractivity contribution in [3.05, 3.63) is 48.0 Å². The minimum Gasteiger partial charge on any atom is -0.480 e. The van der Waals surface area contributed by atoms with Crippen molar-refractivity contribution in [3.63, 3.8) is 0 Å². The number of carbonyl (C=O) groups excluding carboxylic acids is 5. The Balaban J connectivity index is 1.56. The van der Waals surface area contributed by atoms with Crippen molar-refractivity contribution in [1.82, 2.24) is 21.3 Å². The van der Waals surface area contributed by atoms with Gasteiger partial charge in [0.2, 0.25) is 11.8 Å². The Labute approximate surface area is 324 Å². The minimum absolute atomic E-state index is 0.0381. The Morgan fingerprint density at radius 1 is 0.782 bits per heavy atom. The van der Waals surface area contributed by atoms with Crippen LogP contribution in [0.15, 0.2) is 42.5 Å². The van der Waals surface area contributed by atoms with E-state index in [0.29, 0.717) is 31.7 Å². The number of aliphatic carboxylic acids is 1. The van der Waals surface area contributed by atoms with Gasteiger partial charge in [0.1, 0.15) is 29.3 Å². The maximum Gasteiger partial charge on any atom is 0.329 e. The number of fused-ring (bicyclic) bond motifs is 1. The van der Waals surface area contributed by atoms with Crippen LogP contribution in [-0.4, -0.2) is 83.3 Å². The van der Waals surface area contributed by atoms with Crippen molar-refractivity contribution in [3.8, 4) is 0 Å². The van der Waals surface area contributed by atoms with Gasteiger partial charge in [0.15, 0.2) is 0 Å². The first-order valence-corrected chi connectivity index (χ1v) is 19.3. The Kier molecular flexibility index (Phi) is 16.9. The van der Waals surface area contributed by atoms with Gasteiger partial charge in [0, 0.05) is 25.3 Å². The van der Waals surface area contributed by atoms with Crippen molar-refractivity contribution >= 4 is 46.5 Å². The lowest BCUT2D eigenvalue weighted by Crippen LogP contribution is -2.52. The molecule has 1 aliphatic rings. The van der Waals surface area contributed by atoms with Gasteiger partial charge >= 0.3 is 23.9 Å². The molecule has 0 radical (unpaired) electrons. The number of benzene rings is 2. The summed E-state index contributed by atoms with van der Waals surface area (Å²) in [6.45, 7) is 10.9. The third kappa shape index (κ3) is 16.3. The maximum absolute atomic E-state index is 13.5. The molecule has 1 aliphatic carbocycles. The third-order valence-corrected chi connectivity index (χ3v) is 9.31. The average Bonchev–Trinajstić information content (AvgIpc) is 3.10. The van der Waals surface area contributed by atoms with Crippen LogP contribution in [0.5, 0.6) is 0 Å². The smallest absolute Gasteiger partial charge is 0.329 e. The predicted molar refractivity (Wildman–Crippen MR) is 209 cm³/mol. The minimum atomic E-state index is -1.30. The highest BCUT2D eigenvalue weighted by atomic mass is 16.6. The monoisotopic (exact) mass is 767 g/mol. The number of nitrogens with one attached hydrogen (secondary N) is 4. The zero-order valence-electron chi connectivity index (χ0n) is 33.2. The number of nitrogens with two attached hydrogens (primary N) is 1. The number of hydrogen-bond donors (Lipinski definition) is 6. The zero-order valence-corrected chi connectivity index (χ0v) is 33.2. The topological polar surface area (TPSA) is 215 Å². The molecule has 0 heterocycles. The number of hydrogen-bond acceptors (Lipinski definition) is 9. The molecule has 0 unspecified atom stereocenters. The Morgan fingerprint density at radius 3 is 2.04 bits per heavy atom. The quantitative estimate of drug-likeness (QED) is 0.0923. The highest BCUT2D eigenvalue weighted by Gasteiger charge is 2.31. The van der Waals surface area contributed by atoms with E-state index in [0.717, 1.165) is 42.0 Å². The molecule has 2 aromatic rings. The molecule has 0 bridgehead atoms. The molecule has 0 aliphatic heterocycles. The first kappa shape index (κ1) is 44.7. The molecule has 0 saturated heterocycles. The highest BCUT2D eigenvalue weighted by molar-refractivity contribution is 5.89. The summed E-state index contributed by atoms with van der Waals surface area (Å²) in [5.41, 5.74) is 5.13. The summed E-state index contributed by atoms with van der Waals surface area (Å²) >= 11 is 0. The van der Waals surface area contributed by atoms with Crippen molar-refractivity contribution in [2.45, 2.75) is 135 Å². The molecule has 1 fully saturated rings. The summed E-state index contributed by atoms with van der Waals surface area (Å²) in [4.78, 5) is 77.0. The number of carboxylic acid groups (broad SMARTS) is 1. The molecule has 0 spiro atoms. The highest BCUT2D eigenvalue weighted by Crippen LogP contribution is 2.28. The largest absolute Gasteiger partial charge is 0.480 e.